The molecule has 1 heterocycles. The molecule has 1 aromatic carbocycles. The summed E-state index contributed by atoms with van der Waals surface area (Å²) in [5, 5.41) is 28.5. The highest BCUT2D eigenvalue weighted by molar-refractivity contribution is 6.02. The van der Waals surface area contributed by atoms with Gasteiger partial charge in [0.25, 0.3) is 5.56 Å². The van der Waals surface area contributed by atoms with E-state index in [0.717, 1.165) is 25.7 Å². The number of rotatable bonds is 4. The maximum Gasteiger partial charge on any atom is 0.337 e. The number of aromatic carboxylic acids is 1. The molecular weight excluding hydrogens is 414 g/mol. The van der Waals surface area contributed by atoms with Crippen molar-refractivity contribution in [1.82, 2.24) is 4.98 Å². The van der Waals surface area contributed by atoms with E-state index in [4.69, 9.17) is 5.11 Å². The minimum absolute atomic E-state index is 0.111. The lowest BCUT2D eigenvalue weighted by Gasteiger charge is -2.37. The van der Waals surface area contributed by atoms with E-state index in [2.05, 4.69) is 4.98 Å². The highest BCUT2D eigenvalue weighted by atomic mass is 16.4. The lowest BCUT2D eigenvalue weighted by atomic mass is 9.64. The zero-order valence-electron chi connectivity index (χ0n) is 17.6. The van der Waals surface area contributed by atoms with Gasteiger partial charge in [0.05, 0.1) is 11.0 Å². The Bertz CT molecular complexity index is 1170. The lowest BCUT2D eigenvalue weighted by Crippen LogP contribution is -2.41. The van der Waals surface area contributed by atoms with Gasteiger partial charge in [0.1, 0.15) is 0 Å². The number of benzene rings is 1. The molecule has 4 N–H and O–H groups in total. The second-order valence-corrected chi connectivity index (χ2v) is 8.28. The summed E-state index contributed by atoms with van der Waals surface area (Å²) in [4.78, 5) is 47.4. The number of carboxylic acid groups (broad SMARTS) is 3. The Morgan fingerprint density at radius 1 is 1.00 bits per heavy atom. The number of nitrogens with one attached hydrogen (secondary N) is 1. The third-order valence-electron chi connectivity index (χ3n) is 6.32. The van der Waals surface area contributed by atoms with Crippen LogP contribution in [0.4, 0.5) is 0 Å². The van der Waals surface area contributed by atoms with Crippen LogP contribution in [-0.4, -0.2) is 38.2 Å². The van der Waals surface area contributed by atoms with Crippen molar-refractivity contribution in [3.8, 4) is 0 Å². The summed E-state index contributed by atoms with van der Waals surface area (Å²) >= 11 is 0. The molecule has 8 heteroatoms. The Morgan fingerprint density at radius 3 is 2.19 bits per heavy atom. The maximum absolute atomic E-state index is 11.5. The van der Waals surface area contributed by atoms with E-state index in [-0.39, 0.29) is 22.6 Å². The van der Waals surface area contributed by atoms with Gasteiger partial charge >= 0.3 is 17.9 Å². The van der Waals surface area contributed by atoms with Crippen LogP contribution in [0.5, 0.6) is 0 Å². The predicted molar refractivity (Wildman–Crippen MR) is 118 cm³/mol. The number of hydrogen-bond acceptors (Lipinski definition) is 4. The van der Waals surface area contributed by atoms with Crippen LogP contribution < -0.4 is 5.56 Å². The number of pyridine rings is 1. The van der Waals surface area contributed by atoms with Crippen LogP contribution in [0.1, 0.15) is 43.0 Å². The summed E-state index contributed by atoms with van der Waals surface area (Å²) in [5.41, 5.74) is -1.02. The van der Waals surface area contributed by atoms with Gasteiger partial charge in [-0.25, -0.2) is 9.59 Å². The van der Waals surface area contributed by atoms with Crippen molar-refractivity contribution in [2.75, 3.05) is 0 Å². The zero-order valence-corrected chi connectivity index (χ0v) is 17.6. The summed E-state index contributed by atoms with van der Waals surface area (Å²) < 4.78 is 0. The number of fused-ring (bicyclic) bond motifs is 1. The molecule has 168 valence electrons. The van der Waals surface area contributed by atoms with Crippen molar-refractivity contribution in [1.29, 1.82) is 0 Å². The number of hydrogen-bond donors (Lipinski definition) is 4. The molecular formula is C24H25NO7. The van der Waals surface area contributed by atoms with Gasteiger partial charge in [0, 0.05) is 28.5 Å². The first-order valence-electron chi connectivity index (χ1n) is 10.4. The van der Waals surface area contributed by atoms with Crippen LogP contribution >= 0.6 is 0 Å². The number of carbonyl (C=O) groups is 3. The van der Waals surface area contributed by atoms with Gasteiger partial charge in [-0.1, -0.05) is 49.3 Å². The van der Waals surface area contributed by atoms with Crippen molar-refractivity contribution in [3.63, 3.8) is 0 Å². The maximum atomic E-state index is 11.5. The van der Waals surface area contributed by atoms with Crippen LogP contribution in [0.2, 0.25) is 0 Å². The van der Waals surface area contributed by atoms with Gasteiger partial charge in [-0.2, -0.15) is 0 Å². The number of allylic oxidation sites excluding steroid dienone is 2. The average molecular weight is 439 g/mol. The third-order valence-corrected chi connectivity index (χ3v) is 6.32. The first-order chi connectivity index (χ1) is 15.2. The molecule has 0 spiro atoms. The van der Waals surface area contributed by atoms with E-state index >= 15 is 0 Å². The molecule has 0 bridgehead atoms. The summed E-state index contributed by atoms with van der Waals surface area (Å²) in [6, 6.07) is 6.62. The average Bonchev–Trinajstić information content (AvgIpc) is 3.28. The van der Waals surface area contributed by atoms with E-state index in [0.29, 0.717) is 10.8 Å². The minimum atomic E-state index is -1.10. The van der Waals surface area contributed by atoms with Crippen LogP contribution in [0.25, 0.3) is 10.8 Å². The van der Waals surface area contributed by atoms with Crippen LogP contribution in [0.15, 0.2) is 59.1 Å². The molecule has 2 aliphatic carbocycles. The Morgan fingerprint density at radius 2 is 1.62 bits per heavy atom. The molecule has 0 amide bonds. The minimum Gasteiger partial charge on any atom is -0.481 e. The molecule has 4 rings (SSSR count). The molecule has 0 radical (unpaired) electrons. The van der Waals surface area contributed by atoms with Gasteiger partial charge in [-0.15, -0.1) is 0 Å². The Labute approximate surface area is 183 Å². The molecule has 1 fully saturated rings. The highest BCUT2D eigenvalue weighted by Gasteiger charge is 2.48. The first-order valence-corrected chi connectivity index (χ1v) is 10.4. The van der Waals surface area contributed by atoms with Crippen molar-refractivity contribution < 1.29 is 29.7 Å². The SMILES string of the molecule is CC1(C(=O)O)C=CC=C(C(=O)O)C1C1CCCC1.O=C(O)c1c[nH]c(=O)c2ccccc12. The van der Waals surface area contributed by atoms with Crippen molar-refractivity contribution in [2.45, 2.75) is 32.6 Å². The molecule has 1 aromatic heterocycles. The summed E-state index contributed by atoms with van der Waals surface area (Å²) in [6.45, 7) is 1.63. The number of aromatic amines is 1. The van der Waals surface area contributed by atoms with Gasteiger partial charge in [-0.3, -0.25) is 9.59 Å². The van der Waals surface area contributed by atoms with Crippen LogP contribution in [0, 0.1) is 17.3 Å². The van der Waals surface area contributed by atoms with E-state index < -0.39 is 29.2 Å². The van der Waals surface area contributed by atoms with Gasteiger partial charge < -0.3 is 20.3 Å². The van der Waals surface area contributed by atoms with E-state index in [9.17, 15) is 29.4 Å². The fourth-order valence-corrected chi connectivity index (χ4v) is 4.71. The second-order valence-electron chi connectivity index (χ2n) is 8.28. The fourth-order valence-electron chi connectivity index (χ4n) is 4.71. The van der Waals surface area contributed by atoms with Crippen LogP contribution in [-0.2, 0) is 9.59 Å². The van der Waals surface area contributed by atoms with E-state index in [1.165, 1.54) is 6.20 Å². The Hall–Kier alpha value is -3.68. The summed E-state index contributed by atoms with van der Waals surface area (Å²) in [5.74, 6) is -3.23. The predicted octanol–water partition coefficient (Wildman–Crippen LogP) is 3.69. The molecule has 32 heavy (non-hydrogen) atoms. The smallest absolute Gasteiger partial charge is 0.337 e. The quantitative estimate of drug-likeness (QED) is 0.568. The zero-order chi connectivity index (χ0) is 23.5. The largest absolute Gasteiger partial charge is 0.481 e. The van der Waals surface area contributed by atoms with Gasteiger partial charge in [0.2, 0.25) is 0 Å². The number of aromatic nitrogens is 1. The Balaban J connectivity index is 0.000000186. The summed E-state index contributed by atoms with van der Waals surface area (Å²) in [6.07, 6.45) is 9.93. The molecule has 0 aliphatic heterocycles. The molecule has 1 saturated carbocycles. The topological polar surface area (TPSA) is 145 Å². The number of aliphatic carboxylic acids is 2. The molecule has 2 unspecified atom stereocenters. The molecule has 2 aromatic rings. The second kappa shape index (κ2) is 9.21. The van der Waals surface area contributed by atoms with Crippen molar-refractivity contribution in [3.05, 3.63) is 70.2 Å². The van der Waals surface area contributed by atoms with E-state index in [1.54, 1.807) is 49.4 Å². The first kappa shape index (κ1) is 23.0. The lowest BCUT2D eigenvalue weighted by molar-refractivity contribution is -0.149. The van der Waals surface area contributed by atoms with E-state index in [1.807, 2.05) is 0 Å². The molecule has 0 saturated heterocycles. The van der Waals surface area contributed by atoms with Crippen molar-refractivity contribution in [2.24, 2.45) is 17.3 Å². The number of H-pyrrole nitrogens is 1. The van der Waals surface area contributed by atoms with Crippen molar-refractivity contribution >= 4 is 28.7 Å². The van der Waals surface area contributed by atoms with Crippen LogP contribution in [0.3, 0.4) is 0 Å². The molecule has 2 atom stereocenters. The van der Waals surface area contributed by atoms with Gasteiger partial charge in [0.15, 0.2) is 0 Å². The fraction of sp³-hybridized carbons (Fsp3) is 0.333. The van der Waals surface area contributed by atoms with Gasteiger partial charge in [-0.05, 0) is 31.7 Å². The number of carboxylic acids is 3. The normalized spacial score (nSPS) is 22.7. The monoisotopic (exact) mass is 439 g/mol. The highest BCUT2D eigenvalue weighted by Crippen LogP contribution is 2.48. The standard InChI is InChI=1S/C14H18O4.C10H7NO3/c1-14(13(17)18)8-4-7-10(12(15)16)11(14)9-5-2-3-6-9;12-9-7-4-2-1-3-6(7)8(5-11-9)10(13)14/h4,7-9,11H,2-3,5-6H2,1H3,(H,15,16)(H,17,18);1-5H,(H,11,12)(H,13,14). The molecule has 2 aliphatic rings. The third kappa shape index (κ3) is 4.34. The Kier molecular flexibility index (Phi) is 6.62. The summed E-state index contributed by atoms with van der Waals surface area (Å²) in [7, 11) is 0. The molecule has 8 nitrogen and oxygen atoms in total.